The van der Waals surface area contributed by atoms with E-state index in [1.165, 1.54) is 12.7 Å². The van der Waals surface area contributed by atoms with Gasteiger partial charge in [0, 0.05) is 25.1 Å². The number of pyridine rings is 1. The van der Waals surface area contributed by atoms with Crippen LogP contribution in [-0.4, -0.2) is 37.7 Å². The molecule has 6 heteroatoms. The van der Waals surface area contributed by atoms with Crippen LogP contribution < -0.4 is 4.90 Å². The number of anilines is 1. The molecule has 39 heavy (non-hydrogen) atoms. The number of carbonyl (C=O) groups excluding carboxylic acids is 2. The number of fused-ring (bicyclic) bond motifs is 1. The van der Waals surface area contributed by atoms with Crippen molar-refractivity contribution in [1.82, 2.24) is 4.98 Å². The smallest absolute Gasteiger partial charge is 0.337 e. The third kappa shape index (κ3) is 7.09. The summed E-state index contributed by atoms with van der Waals surface area (Å²) in [6.45, 7) is 7.25. The van der Waals surface area contributed by atoms with E-state index in [0.29, 0.717) is 31.0 Å². The van der Waals surface area contributed by atoms with Gasteiger partial charge in [-0.3, -0.25) is 9.69 Å². The summed E-state index contributed by atoms with van der Waals surface area (Å²) < 4.78 is 10.0. The highest BCUT2D eigenvalue weighted by atomic mass is 16.5. The van der Waals surface area contributed by atoms with E-state index < -0.39 is 5.97 Å². The first kappa shape index (κ1) is 28.0. The highest BCUT2D eigenvalue weighted by Crippen LogP contribution is 2.30. The predicted molar refractivity (Wildman–Crippen MR) is 156 cm³/mol. The molecule has 0 spiro atoms. The van der Waals surface area contributed by atoms with E-state index >= 15 is 0 Å². The largest absolute Gasteiger partial charge is 0.465 e. The molecule has 0 saturated heterocycles. The average molecular weight is 525 g/mol. The van der Waals surface area contributed by atoms with Crippen molar-refractivity contribution in [3.63, 3.8) is 0 Å². The Hall–Kier alpha value is -4.03. The summed E-state index contributed by atoms with van der Waals surface area (Å²) in [5.41, 5.74) is 4.77. The lowest BCUT2D eigenvalue weighted by Crippen LogP contribution is -2.34. The number of hydrogen-bond donors (Lipinski definition) is 0. The minimum absolute atomic E-state index is 0.00438. The van der Waals surface area contributed by atoms with Crippen LogP contribution >= 0.6 is 0 Å². The van der Waals surface area contributed by atoms with Crippen molar-refractivity contribution in [2.24, 2.45) is 5.41 Å². The van der Waals surface area contributed by atoms with Crippen LogP contribution in [-0.2, 0) is 27.2 Å². The molecule has 0 fully saturated rings. The second kappa shape index (κ2) is 12.2. The molecule has 0 N–H and O–H groups in total. The van der Waals surface area contributed by atoms with Crippen molar-refractivity contribution in [3.8, 4) is 11.1 Å². The molecule has 6 nitrogen and oxygen atoms in total. The van der Waals surface area contributed by atoms with Gasteiger partial charge in [0.05, 0.1) is 25.8 Å². The van der Waals surface area contributed by atoms with Crippen molar-refractivity contribution in [2.75, 3.05) is 25.7 Å². The van der Waals surface area contributed by atoms with Crippen molar-refractivity contribution < 1.29 is 19.1 Å². The second-order valence-corrected chi connectivity index (χ2v) is 10.9. The third-order valence-corrected chi connectivity index (χ3v) is 6.58. The Kier molecular flexibility index (Phi) is 8.77. The van der Waals surface area contributed by atoms with Gasteiger partial charge < -0.3 is 9.47 Å². The maximum Gasteiger partial charge on any atom is 0.337 e. The lowest BCUT2D eigenvalue weighted by molar-refractivity contribution is -0.120. The quantitative estimate of drug-likeness (QED) is 0.224. The van der Waals surface area contributed by atoms with Gasteiger partial charge in [-0.25, -0.2) is 9.78 Å². The van der Waals surface area contributed by atoms with Gasteiger partial charge in [-0.2, -0.15) is 0 Å². The Morgan fingerprint density at radius 2 is 1.49 bits per heavy atom. The number of amides is 1. The molecule has 4 aromatic rings. The van der Waals surface area contributed by atoms with Gasteiger partial charge >= 0.3 is 5.97 Å². The minimum atomic E-state index is -0.402. The third-order valence-electron chi connectivity index (χ3n) is 6.58. The van der Waals surface area contributed by atoms with E-state index in [1.54, 1.807) is 30.3 Å². The fraction of sp³-hybridized carbons (Fsp3) is 0.303. The predicted octanol–water partition coefficient (Wildman–Crippen LogP) is 6.85. The number of aromatic nitrogens is 1. The molecule has 202 valence electrons. The summed E-state index contributed by atoms with van der Waals surface area (Å²) in [5, 5.41) is 1.62. The van der Waals surface area contributed by atoms with Crippen molar-refractivity contribution in [2.45, 2.75) is 40.2 Å². The van der Waals surface area contributed by atoms with Gasteiger partial charge in [-0.1, -0.05) is 69.3 Å². The van der Waals surface area contributed by atoms with Crippen LogP contribution in [0, 0.1) is 5.41 Å². The first-order valence-electron chi connectivity index (χ1n) is 13.1. The molecule has 0 aliphatic heterocycles. The Labute approximate surface area is 230 Å². The summed E-state index contributed by atoms with van der Waals surface area (Å²) >= 11 is 0. The average Bonchev–Trinajstić information content (AvgIpc) is 2.93. The molecule has 0 aliphatic carbocycles. The lowest BCUT2D eigenvalue weighted by atomic mass is 9.91. The molecule has 0 saturated carbocycles. The molecule has 0 bridgehead atoms. The van der Waals surface area contributed by atoms with Crippen LogP contribution in [0.1, 0.15) is 48.7 Å². The van der Waals surface area contributed by atoms with Crippen molar-refractivity contribution >= 4 is 28.5 Å². The monoisotopic (exact) mass is 524 g/mol. The molecule has 1 heterocycles. The Morgan fingerprint density at radius 1 is 0.846 bits per heavy atom. The molecule has 0 unspecified atom stereocenters. The van der Waals surface area contributed by atoms with E-state index in [9.17, 15) is 9.59 Å². The molecule has 0 aliphatic rings. The summed E-state index contributed by atoms with van der Waals surface area (Å²) in [7, 11) is 3.08. The van der Waals surface area contributed by atoms with E-state index in [-0.39, 0.29) is 11.3 Å². The van der Waals surface area contributed by atoms with Crippen molar-refractivity contribution in [3.05, 3.63) is 95.7 Å². The van der Waals surface area contributed by atoms with Gasteiger partial charge in [0.2, 0.25) is 5.91 Å². The van der Waals surface area contributed by atoms with E-state index in [2.05, 4.69) is 74.3 Å². The van der Waals surface area contributed by atoms with Crippen LogP contribution in [0.4, 0.5) is 5.82 Å². The number of hydrogen-bond acceptors (Lipinski definition) is 5. The summed E-state index contributed by atoms with van der Waals surface area (Å²) in [5.74, 6) is 0.171. The highest BCUT2D eigenvalue weighted by Gasteiger charge is 2.25. The first-order chi connectivity index (χ1) is 18.7. The number of rotatable bonds is 9. The van der Waals surface area contributed by atoms with E-state index in [4.69, 9.17) is 9.47 Å². The molecular formula is C33H36N2O4. The molecule has 4 rings (SSSR count). The van der Waals surface area contributed by atoms with E-state index in [0.717, 1.165) is 33.9 Å². The Balaban J connectivity index is 1.64. The van der Waals surface area contributed by atoms with Gasteiger partial charge in [-0.15, -0.1) is 0 Å². The zero-order chi connectivity index (χ0) is 28.0. The fourth-order valence-electron chi connectivity index (χ4n) is 4.52. The topological polar surface area (TPSA) is 68.7 Å². The zero-order valence-electron chi connectivity index (χ0n) is 23.4. The molecular weight excluding hydrogens is 488 g/mol. The number of benzene rings is 3. The lowest BCUT2D eigenvalue weighted by Gasteiger charge is -2.27. The summed E-state index contributed by atoms with van der Waals surface area (Å²) in [6.07, 6.45) is 2.94. The van der Waals surface area contributed by atoms with Gasteiger partial charge in [0.15, 0.2) is 0 Å². The Bertz CT molecular complexity index is 1440. The SMILES string of the molecule is COCCc1ccc(-c2ccc(CN(C(=O)CC(C)(C)C)c3nccc4cc(C(=O)OC)ccc34)cc2)cc1. The maximum atomic E-state index is 13.6. The second-order valence-electron chi connectivity index (χ2n) is 10.9. The molecule has 0 atom stereocenters. The number of nitrogens with zero attached hydrogens (tertiary/aromatic N) is 2. The molecule has 0 radical (unpaired) electrons. The molecule has 3 aromatic carbocycles. The normalized spacial score (nSPS) is 11.4. The number of carbonyl (C=O) groups is 2. The summed E-state index contributed by atoms with van der Waals surface area (Å²) in [4.78, 5) is 32.1. The summed E-state index contributed by atoms with van der Waals surface area (Å²) in [6, 6.07) is 24.0. The first-order valence-corrected chi connectivity index (χ1v) is 13.1. The van der Waals surface area contributed by atoms with Crippen LogP contribution in [0.3, 0.4) is 0 Å². The van der Waals surface area contributed by atoms with Crippen LogP contribution in [0.15, 0.2) is 79.0 Å². The Morgan fingerprint density at radius 3 is 2.08 bits per heavy atom. The van der Waals surface area contributed by atoms with E-state index in [1.807, 2.05) is 12.1 Å². The van der Waals surface area contributed by atoms with Gasteiger partial charge in [0.25, 0.3) is 0 Å². The number of methoxy groups -OCH3 is 2. The van der Waals surface area contributed by atoms with Crippen LogP contribution in [0.5, 0.6) is 0 Å². The van der Waals surface area contributed by atoms with Crippen LogP contribution in [0.2, 0.25) is 0 Å². The standard InChI is InChI=1S/C33H36N2O4/c1-33(2,3)21-30(36)35(31-29-15-14-28(32(37)39-5)20-27(29)16-18-34-31)22-24-8-12-26(13-9-24)25-10-6-23(7-11-25)17-19-38-4/h6-16,18,20H,17,19,21-22H2,1-5H3. The minimum Gasteiger partial charge on any atom is -0.465 e. The van der Waals surface area contributed by atoms with Gasteiger partial charge in [0.1, 0.15) is 5.82 Å². The number of esters is 1. The fourth-order valence-corrected chi connectivity index (χ4v) is 4.52. The zero-order valence-corrected chi connectivity index (χ0v) is 23.4. The van der Waals surface area contributed by atoms with Gasteiger partial charge in [-0.05, 0) is 63.7 Å². The number of ether oxygens (including phenoxy) is 2. The molecule has 1 aromatic heterocycles. The maximum absolute atomic E-state index is 13.6. The highest BCUT2D eigenvalue weighted by molar-refractivity contribution is 6.04. The molecule has 1 amide bonds. The van der Waals surface area contributed by atoms with Crippen LogP contribution in [0.25, 0.3) is 21.9 Å². The van der Waals surface area contributed by atoms with Crippen molar-refractivity contribution in [1.29, 1.82) is 0 Å².